The van der Waals surface area contributed by atoms with E-state index in [9.17, 15) is 0 Å². The zero-order valence-electron chi connectivity index (χ0n) is 36.5. The molecule has 52 heavy (non-hydrogen) atoms. The van der Waals surface area contributed by atoms with Crippen molar-refractivity contribution in [3.8, 4) is 46.0 Å². The Morgan fingerprint density at radius 2 is 0.827 bits per heavy atom. The molecule has 1 atom stereocenters. The number of ether oxygens (including phenoxy) is 9. The molecule has 0 spiro atoms. The highest BCUT2D eigenvalue weighted by atomic mass is 16.7. The quantitative estimate of drug-likeness (QED) is 0.250. The van der Waals surface area contributed by atoms with Gasteiger partial charge in [-0.15, -0.1) is 0 Å². The van der Waals surface area contributed by atoms with Crippen LogP contribution in [0.5, 0.6) is 46.0 Å². The summed E-state index contributed by atoms with van der Waals surface area (Å²) in [7, 11) is 0. The van der Waals surface area contributed by atoms with Crippen LogP contribution in [-0.2, 0) is 4.74 Å². The van der Waals surface area contributed by atoms with Gasteiger partial charge in [0, 0.05) is 26.0 Å². The molecule has 1 unspecified atom stereocenters. The average Bonchev–Trinajstić information content (AvgIpc) is 2.82. The van der Waals surface area contributed by atoms with Crippen molar-refractivity contribution in [1.29, 1.82) is 0 Å². The summed E-state index contributed by atoms with van der Waals surface area (Å²) in [5, 5.41) is 0. The topological polar surface area (TPSA) is 83.1 Å². The van der Waals surface area contributed by atoms with Gasteiger partial charge >= 0.3 is 0 Å². The molecule has 0 aliphatic carbocycles. The average molecular weight is 731 g/mol. The first-order chi connectivity index (χ1) is 23.0. The van der Waals surface area contributed by atoms with E-state index in [1.54, 1.807) is 0 Å². The van der Waals surface area contributed by atoms with Crippen LogP contribution >= 0.6 is 0 Å². The van der Waals surface area contributed by atoms with E-state index in [-0.39, 0.29) is 6.10 Å². The van der Waals surface area contributed by atoms with Gasteiger partial charge in [0.05, 0.1) is 17.2 Å². The second kappa shape index (κ2) is 14.2. The lowest BCUT2D eigenvalue weighted by Crippen LogP contribution is -2.40. The molecular formula is C43H70O9. The van der Waals surface area contributed by atoms with Gasteiger partial charge in [0.1, 0.15) is 45.5 Å². The Balaban J connectivity index is 2.75. The molecule has 0 saturated carbocycles. The Kier molecular flexibility index (Phi) is 11.8. The third-order valence-electron chi connectivity index (χ3n) is 6.51. The van der Waals surface area contributed by atoms with E-state index in [2.05, 4.69) is 0 Å². The smallest absolute Gasteiger partial charge is 0.206 e. The summed E-state index contributed by atoms with van der Waals surface area (Å²) in [6.45, 7) is 43.7. The fourth-order valence-electron chi connectivity index (χ4n) is 5.42. The molecule has 1 aliphatic heterocycles. The molecule has 0 saturated heterocycles. The van der Waals surface area contributed by atoms with Crippen LogP contribution in [0.1, 0.15) is 170 Å². The molecule has 9 heteroatoms. The minimum Gasteiger partial charge on any atom is -0.487 e. The lowest BCUT2D eigenvalue weighted by Gasteiger charge is -2.43. The Bertz CT molecular complexity index is 1560. The van der Waals surface area contributed by atoms with E-state index in [4.69, 9.17) is 42.6 Å². The molecule has 0 radical (unpaired) electrons. The van der Waals surface area contributed by atoms with Gasteiger partial charge in [-0.3, -0.25) is 0 Å². The van der Waals surface area contributed by atoms with Crippen LogP contribution in [0.3, 0.4) is 0 Å². The van der Waals surface area contributed by atoms with Crippen molar-refractivity contribution in [2.75, 3.05) is 0 Å². The molecule has 2 aromatic carbocycles. The van der Waals surface area contributed by atoms with Crippen LogP contribution in [-0.4, -0.2) is 45.5 Å². The summed E-state index contributed by atoms with van der Waals surface area (Å²) < 4.78 is 61.1. The first-order valence-electron chi connectivity index (χ1n) is 18.6. The monoisotopic (exact) mass is 731 g/mol. The predicted octanol–water partition coefficient (Wildman–Crippen LogP) is 11.8. The molecule has 0 N–H and O–H groups in total. The Morgan fingerprint density at radius 3 is 1.23 bits per heavy atom. The molecule has 0 amide bonds. The molecule has 0 bridgehead atoms. The molecule has 1 heterocycles. The van der Waals surface area contributed by atoms with Crippen molar-refractivity contribution in [2.24, 2.45) is 0 Å². The standard InChI is InChI=1S/C43H70O9/c1-25(2)44-27-24-28(46-38(6,7)8)33(49-41(15,16)17)31(32(27)48-40(12,13)14)35-30-26(45-37(3,4)5)23-29(47-39(9,10)11)34(50-42(18,19)20)36(30)52-43(21,22)51-35/h23-25,35H,1-22H3. The third kappa shape index (κ3) is 12.4. The normalized spacial score (nSPS) is 16.9. The number of hydrogen-bond donors (Lipinski definition) is 0. The van der Waals surface area contributed by atoms with Gasteiger partial charge in [-0.2, -0.15) is 0 Å². The largest absolute Gasteiger partial charge is 0.487 e. The molecule has 0 fully saturated rings. The molecule has 296 valence electrons. The van der Waals surface area contributed by atoms with E-state index in [1.807, 2.05) is 164 Å². The summed E-state index contributed by atoms with van der Waals surface area (Å²) in [5.41, 5.74) is -2.51. The third-order valence-corrected chi connectivity index (χ3v) is 6.51. The van der Waals surface area contributed by atoms with Crippen molar-refractivity contribution >= 4 is 0 Å². The number of hydrogen-bond acceptors (Lipinski definition) is 9. The number of rotatable bonds is 9. The second-order valence-electron chi connectivity index (χ2n) is 20.3. The van der Waals surface area contributed by atoms with Crippen LogP contribution in [0.2, 0.25) is 0 Å². The second-order valence-corrected chi connectivity index (χ2v) is 20.3. The van der Waals surface area contributed by atoms with Crippen molar-refractivity contribution in [2.45, 2.75) is 204 Å². The summed E-state index contributed by atoms with van der Waals surface area (Å²) in [6, 6.07) is 3.74. The number of benzene rings is 2. The summed E-state index contributed by atoms with van der Waals surface area (Å²) in [6.07, 6.45) is -1.08. The van der Waals surface area contributed by atoms with Gasteiger partial charge in [0.15, 0.2) is 34.5 Å². The van der Waals surface area contributed by atoms with E-state index in [0.29, 0.717) is 57.1 Å². The summed E-state index contributed by atoms with van der Waals surface area (Å²) in [5.74, 6) is 2.60. The first-order valence-corrected chi connectivity index (χ1v) is 18.6. The maximum absolute atomic E-state index is 7.05. The maximum atomic E-state index is 7.05. The Morgan fingerprint density at radius 1 is 0.481 bits per heavy atom. The predicted molar refractivity (Wildman–Crippen MR) is 209 cm³/mol. The molecule has 3 rings (SSSR count). The molecule has 9 nitrogen and oxygen atoms in total. The van der Waals surface area contributed by atoms with Crippen LogP contribution in [0.4, 0.5) is 0 Å². The maximum Gasteiger partial charge on any atom is 0.206 e. The molecular weight excluding hydrogens is 660 g/mol. The molecule has 0 aromatic heterocycles. The summed E-state index contributed by atoms with van der Waals surface area (Å²) >= 11 is 0. The SMILES string of the molecule is CC(C)Oc1cc(OC(C)(C)C)c(OC(C)(C)C)c(C2OC(C)(C)Oc3c(OC(C)(C)C)c(OC(C)(C)C)cc(OC(C)(C)C)c32)c1OC(C)(C)C. The zero-order valence-corrected chi connectivity index (χ0v) is 36.5. The Labute approximate surface area is 315 Å². The van der Waals surface area contributed by atoms with Crippen LogP contribution < -0.4 is 37.9 Å². The number of fused-ring (bicyclic) bond motifs is 1. The Hall–Kier alpha value is -3.20. The van der Waals surface area contributed by atoms with Crippen molar-refractivity contribution in [1.82, 2.24) is 0 Å². The highest BCUT2D eigenvalue weighted by Crippen LogP contribution is 2.61. The van der Waals surface area contributed by atoms with Gasteiger partial charge < -0.3 is 42.6 Å². The fourth-order valence-corrected chi connectivity index (χ4v) is 5.42. The van der Waals surface area contributed by atoms with E-state index < -0.39 is 45.5 Å². The minimum absolute atomic E-state index is 0.185. The van der Waals surface area contributed by atoms with E-state index in [0.717, 1.165) is 0 Å². The van der Waals surface area contributed by atoms with Gasteiger partial charge in [-0.25, -0.2) is 0 Å². The highest BCUT2D eigenvalue weighted by Gasteiger charge is 2.47. The van der Waals surface area contributed by atoms with Crippen molar-refractivity contribution < 1.29 is 42.6 Å². The lowest BCUT2D eigenvalue weighted by molar-refractivity contribution is -0.199. The van der Waals surface area contributed by atoms with Crippen LogP contribution in [0.15, 0.2) is 12.1 Å². The van der Waals surface area contributed by atoms with E-state index in [1.165, 1.54) is 0 Å². The van der Waals surface area contributed by atoms with Gasteiger partial charge in [0.2, 0.25) is 11.5 Å². The van der Waals surface area contributed by atoms with Crippen LogP contribution in [0.25, 0.3) is 0 Å². The van der Waals surface area contributed by atoms with Gasteiger partial charge in [0.25, 0.3) is 0 Å². The summed E-state index contributed by atoms with van der Waals surface area (Å²) in [4.78, 5) is 0. The van der Waals surface area contributed by atoms with Gasteiger partial charge in [-0.05, 0) is 138 Å². The fraction of sp³-hybridized carbons (Fsp3) is 0.721. The first kappa shape index (κ1) is 43.2. The van der Waals surface area contributed by atoms with Crippen molar-refractivity contribution in [3.05, 3.63) is 23.3 Å². The van der Waals surface area contributed by atoms with E-state index >= 15 is 0 Å². The van der Waals surface area contributed by atoms with Crippen molar-refractivity contribution in [3.63, 3.8) is 0 Å². The zero-order chi connectivity index (χ0) is 40.2. The lowest BCUT2D eigenvalue weighted by atomic mass is 9.93. The van der Waals surface area contributed by atoms with Crippen LogP contribution in [0, 0.1) is 0 Å². The highest BCUT2D eigenvalue weighted by molar-refractivity contribution is 5.70. The van der Waals surface area contributed by atoms with Gasteiger partial charge in [-0.1, -0.05) is 0 Å². The molecule has 1 aliphatic rings. The minimum atomic E-state index is -1.18. The molecule has 2 aromatic rings.